The van der Waals surface area contributed by atoms with Crippen molar-refractivity contribution in [2.24, 2.45) is 5.92 Å². The topological polar surface area (TPSA) is 9.23 Å². The Labute approximate surface area is 102 Å². The van der Waals surface area contributed by atoms with Crippen molar-refractivity contribution in [1.82, 2.24) is 0 Å². The molecule has 0 N–H and O–H groups in total. The molecule has 14 heavy (non-hydrogen) atoms. The minimum Gasteiger partial charge on any atom is -0.381 e. The third-order valence-electron chi connectivity index (χ3n) is 2.47. The molecule has 0 amide bonds. The Morgan fingerprint density at radius 1 is 1.64 bits per heavy atom. The van der Waals surface area contributed by atoms with Crippen LogP contribution in [0.3, 0.4) is 0 Å². The first-order valence-corrected chi connectivity index (χ1v) is 6.81. The van der Waals surface area contributed by atoms with Gasteiger partial charge in [0.15, 0.2) is 0 Å². The van der Waals surface area contributed by atoms with Crippen LogP contribution in [0, 0.1) is 5.92 Å². The van der Waals surface area contributed by atoms with Crippen molar-refractivity contribution in [3.05, 3.63) is 20.8 Å². The number of thiophene rings is 1. The van der Waals surface area contributed by atoms with Crippen molar-refractivity contribution in [1.29, 1.82) is 0 Å². The molecule has 1 fully saturated rings. The molecule has 78 valence electrons. The highest BCUT2D eigenvalue weighted by atomic mass is 79.9. The van der Waals surface area contributed by atoms with Crippen molar-refractivity contribution in [3.63, 3.8) is 0 Å². The van der Waals surface area contributed by atoms with Crippen LogP contribution in [0.25, 0.3) is 0 Å². The molecule has 0 aliphatic carbocycles. The quantitative estimate of drug-likeness (QED) is 0.756. The van der Waals surface area contributed by atoms with Crippen molar-refractivity contribution in [2.45, 2.75) is 18.2 Å². The van der Waals surface area contributed by atoms with Gasteiger partial charge in [-0.15, -0.1) is 22.9 Å². The van der Waals surface area contributed by atoms with Gasteiger partial charge in [-0.1, -0.05) is 0 Å². The number of rotatable bonds is 2. The molecule has 2 atom stereocenters. The molecule has 0 bridgehead atoms. The van der Waals surface area contributed by atoms with Crippen molar-refractivity contribution < 1.29 is 4.74 Å². The maximum Gasteiger partial charge on any atom is 0.0511 e. The van der Waals surface area contributed by atoms with Crippen LogP contribution in [-0.4, -0.2) is 18.6 Å². The summed E-state index contributed by atoms with van der Waals surface area (Å²) in [7, 11) is 0. The third kappa shape index (κ3) is 2.72. The van der Waals surface area contributed by atoms with Gasteiger partial charge in [0.05, 0.1) is 6.61 Å². The number of hydrogen-bond acceptors (Lipinski definition) is 2. The van der Waals surface area contributed by atoms with Crippen LogP contribution < -0.4 is 0 Å². The van der Waals surface area contributed by atoms with E-state index in [1.54, 1.807) is 11.3 Å². The van der Waals surface area contributed by atoms with Gasteiger partial charge in [0.25, 0.3) is 0 Å². The first-order chi connectivity index (χ1) is 6.75. The molecule has 0 aromatic carbocycles. The monoisotopic (exact) mass is 294 g/mol. The van der Waals surface area contributed by atoms with E-state index in [-0.39, 0.29) is 5.38 Å². The van der Waals surface area contributed by atoms with Gasteiger partial charge in [0.1, 0.15) is 0 Å². The average molecular weight is 296 g/mol. The van der Waals surface area contributed by atoms with E-state index < -0.39 is 0 Å². The number of hydrogen-bond donors (Lipinski definition) is 0. The first-order valence-electron chi connectivity index (χ1n) is 4.70. The number of alkyl halides is 1. The van der Waals surface area contributed by atoms with Gasteiger partial charge in [-0.3, -0.25) is 0 Å². The Kier molecular flexibility index (Phi) is 3.88. The second kappa shape index (κ2) is 4.97. The Morgan fingerprint density at radius 3 is 3.14 bits per heavy atom. The summed E-state index contributed by atoms with van der Waals surface area (Å²) in [5, 5.41) is 2.40. The fraction of sp³-hybridized carbons (Fsp3) is 0.600. The highest BCUT2D eigenvalue weighted by Gasteiger charge is 2.24. The minimum absolute atomic E-state index is 0.282. The van der Waals surface area contributed by atoms with Crippen molar-refractivity contribution in [3.8, 4) is 0 Å². The molecule has 1 aromatic rings. The summed E-state index contributed by atoms with van der Waals surface area (Å²) in [6.07, 6.45) is 2.03. The van der Waals surface area contributed by atoms with E-state index in [4.69, 9.17) is 16.3 Å². The standard InChI is InChI=1S/C10H12BrClOS/c11-8-4-9(14-6-8)3-7-5-13-2-1-10(7)12/h4,6-7,10H,1-3,5H2. The molecular weight excluding hydrogens is 284 g/mol. The zero-order valence-electron chi connectivity index (χ0n) is 7.71. The van der Waals surface area contributed by atoms with E-state index in [1.807, 2.05) is 0 Å². The zero-order valence-corrected chi connectivity index (χ0v) is 10.9. The highest BCUT2D eigenvalue weighted by Crippen LogP contribution is 2.28. The zero-order chi connectivity index (χ0) is 9.97. The Bertz CT molecular complexity index is 302. The minimum atomic E-state index is 0.282. The van der Waals surface area contributed by atoms with Crippen LogP contribution in [-0.2, 0) is 11.2 Å². The second-order valence-electron chi connectivity index (χ2n) is 3.58. The number of halogens is 2. The highest BCUT2D eigenvalue weighted by molar-refractivity contribution is 9.10. The van der Waals surface area contributed by atoms with Crippen molar-refractivity contribution in [2.75, 3.05) is 13.2 Å². The summed E-state index contributed by atoms with van der Waals surface area (Å²) in [4.78, 5) is 1.39. The van der Waals surface area contributed by atoms with E-state index in [2.05, 4.69) is 27.4 Å². The predicted octanol–water partition coefficient (Wildman–Crippen LogP) is 3.70. The molecule has 1 aromatic heterocycles. The molecule has 1 aliphatic rings. The van der Waals surface area contributed by atoms with Crippen LogP contribution >= 0.6 is 38.9 Å². The number of ether oxygens (including phenoxy) is 1. The molecule has 0 radical (unpaired) electrons. The molecule has 2 heterocycles. The SMILES string of the molecule is ClC1CCOCC1Cc1cc(Br)cs1. The second-order valence-corrected chi connectivity index (χ2v) is 6.05. The van der Waals surface area contributed by atoms with Crippen LogP contribution in [0.1, 0.15) is 11.3 Å². The molecule has 4 heteroatoms. The molecule has 1 saturated heterocycles. The van der Waals surface area contributed by atoms with E-state index in [0.29, 0.717) is 5.92 Å². The van der Waals surface area contributed by atoms with E-state index in [1.165, 1.54) is 9.35 Å². The molecule has 2 unspecified atom stereocenters. The lowest BCUT2D eigenvalue weighted by Gasteiger charge is -2.26. The summed E-state index contributed by atoms with van der Waals surface area (Å²) < 4.78 is 6.61. The van der Waals surface area contributed by atoms with Gasteiger partial charge < -0.3 is 4.74 Å². The summed E-state index contributed by atoms with van der Waals surface area (Å²) in [6.45, 7) is 1.63. The lowest BCUT2D eigenvalue weighted by molar-refractivity contribution is 0.0581. The predicted molar refractivity (Wildman–Crippen MR) is 64.3 cm³/mol. The van der Waals surface area contributed by atoms with Crippen molar-refractivity contribution >= 4 is 38.9 Å². The van der Waals surface area contributed by atoms with Crippen LogP contribution in [0.2, 0.25) is 0 Å². The first kappa shape index (κ1) is 10.9. The van der Waals surface area contributed by atoms with Gasteiger partial charge in [-0.25, -0.2) is 0 Å². The van der Waals surface area contributed by atoms with Gasteiger partial charge >= 0.3 is 0 Å². The largest absolute Gasteiger partial charge is 0.381 e. The van der Waals surface area contributed by atoms with Gasteiger partial charge in [0.2, 0.25) is 0 Å². The summed E-state index contributed by atoms with van der Waals surface area (Å²) in [5.74, 6) is 0.482. The smallest absolute Gasteiger partial charge is 0.0511 e. The maximum absolute atomic E-state index is 6.25. The Morgan fingerprint density at radius 2 is 2.50 bits per heavy atom. The molecule has 2 rings (SSSR count). The van der Waals surface area contributed by atoms with Crippen LogP contribution in [0.4, 0.5) is 0 Å². The fourth-order valence-electron chi connectivity index (χ4n) is 1.68. The maximum atomic E-state index is 6.25. The van der Waals surface area contributed by atoms with E-state index in [0.717, 1.165) is 26.1 Å². The van der Waals surface area contributed by atoms with E-state index >= 15 is 0 Å². The summed E-state index contributed by atoms with van der Waals surface area (Å²) in [5.41, 5.74) is 0. The molecular formula is C10H12BrClOS. The van der Waals surface area contributed by atoms with Gasteiger partial charge in [-0.05, 0) is 34.8 Å². The van der Waals surface area contributed by atoms with Gasteiger partial charge in [-0.2, -0.15) is 0 Å². The van der Waals surface area contributed by atoms with Crippen LogP contribution in [0.5, 0.6) is 0 Å². The normalized spacial score (nSPS) is 27.9. The Hall–Kier alpha value is 0.430. The summed E-state index contributed by atoms with van der Waals surface area (Å²) in [6, 6.07) is 2.17. The molecule has 0 spiro atoms. The molecule has 1 nitrogen and oxygen atoms in total. The summed E-state index contributed by atoms with van der Waals surface area (Å²) >= 11 is 11.5. The fourth-order valence-corrected chi connectivity index (χ4v) is 3.47. The lowest BCUT2D eigenvalue weighted by Crippen LogP contribution is -2.29. The lowest BCUT2D eigenvalue weighted by atomic mass is 9.97. The third-order valence-corrected chi connectivity index (χ3v) is 4.76. The van der Waals surface area contributed by atoms with Gasteiger partial charge in [0, 0.05) is 32.6 Å². The molecule has 0 saturated carbocycles. The van der Waals surface area contributed by atoms with Crippen LogP contribution in [0.15, 0.2) is 15.9 Å². The Balaban J connectivity index is 1.95. The molecule has 1 aliphatic heterocycles. The van der Waals surface area contributed by atoms with E-state index in [9.17, 15) is 0 Å². The average Bonchev–Trinajstić information content (AvgIpc) is 2.56.